The van der Waals surface area contributed by atoms with Crippen LogP contribution < -0.4 is 10.6 Å². The van der Waals surface area contributed by atoms with Crippen molar-refractivity contribution in [3.63, 3.8) is 0 Å². The number of hydrogen-bond acceptors (Lipinski definition) is 2. The van der Waals surface area contributed by atoms with E-state index >= 15 is 0 Å². The summed E-state index contributed by atoms with van der Waals surface area (Å²) in [6, 6.07) is 5.42. The summed E-state index contributed by atoms with van der Waals surface area (Å²) in [6.45, 7) is 0.935. The molecule has 0 amide bonds. The Labute approximate surface area is 82.6 Å². The molecule has 0 atom stereocenters. The quantitative estimate of drug-likeness (QED) is 0.645. The van der Waals surface area contributed by atoms with Crippen LogP contribution in [-0.2, 0) is 0 Å². The zero-order valence-electron chi connectivity index (χ0n) is 8.03. The van der Waals surface area contributed by atoms with Crippen molar-refractivity contribution in [1.82, 2.24) is 0 Å². The molecular formula is C12H13NO. The van der Waals surface area contributed by atoms with Crippen LogP contribution in [0.1, 0.15) is 19.3 Å². The van der Waals surface area contributed by atoms with Crippen LogP contribution in [0.2, 0.25) is 0 Å². The highest BCUT2D eigenvalue weighted by Gasteiger charge is 2.35. The fourth-order valence-electron chi connectivity index (χ4n) is 2.35. The first-order valence-electron chi connectivity index (χ1n) is 5.14. The van der Waals surface area contributed by atoms with Gasteiger partial charge in [0.25, 0.3) is 0 Å². The van der Waals surface area contributed by atoms with Crippen LogP contribution in [0.25, 0.3) is 6.08 Å². The molecule has 1 fully saturated rings. The second kappa shape index (κ2) is 2.59. The maximum Gasteiger partial charge on any atom is 0.116 e. The standard InChI is InChI=1S/C12H13NO/c14-10-2-3-11-9(6-10)7-12(8-13-11)4-1-5-12/h2-3,6-7,14H,1,4-5,8H2. The van der Waals surface area contributed by atoms with Crippen LogP contribution in [-0.4, -0.2) is 11.7 Å². The van der Waals surface area contributed by atoms with Crippen molar-refractivity contribution in [1.29, 1.82) is 0 Å². The molecule has 2 aliphatic rings. The first kappa shape index (κ1) is 8.04. The molecular weight excluding hydrogens is 174 g/mol. The van der Waals surface area contributed by atoms with E-state index in [1.165, 1.54) is 19.3 Å². The number of aromatic hydroxyl groups is 1. The van der Waals surface area contributed by atoms with Crippen molar-refractivity contribution < 1.29 is 5.11 Å². The molecule has 0 bridgehead atoms. The monoisotopic (exact) mass is 187 g/mol. The van der Waals surface area contributed by atoms with Crippen molar-refractivity contribution in [2.24, 2.45) is 10.4 Å². The van der Waals surface area contributed by atoms with E-state index in [1.54, 1.807) is 6.07 Å². The Balaban J connectivity index is 2.21. The van der Waals surface area contributed by atoms with Crippen molar-refractivity contribution in [3.8, 4) is 5.75 Å². The van der Waals surface area contributed by atoms with Gasteiger partial charge in [0.1, 0.15) is 5.75 Å². The van der Waals surface area contributed by atoms with E-state index < -0.39 is 0 Å². The number of fused-ring (bicyclic) bond motifs is 1. The number of rotatable bonds is 0. The summed E-state index contributed by atoms with van der Waals surface area (Å²) in [5.74, 6) is 0.339. The second-order valence-corrected chi connectivity index (χ2v) is 4.42. The molecule has 3 rings (SSSR count). The van der Waals surface area contributed by atoms with Crippen molar-refractivity contribution >= 4 is 6.08 Å². The lowest BCUT2D eigenvalue weighted by atomic mass is 9.68. The topological polar surface area (TPSA) is 32.6 Å². The maximum absolute atomic E-state index is 9.39. The average Bonchev–Trinajstić information content (AvgIpc) is 2.14. The van der Waals surface area contributed by atoms with Gasteiger partial charge in [-0.25, -0.2) is 0 Å². The second-order valence-electron chi connectivity index (χ2n) is 4.42. The largest absolute Gasteiger partial charge is 0.508 e. The molecule has 0 aromatic heterocycles. The van der Waals surface area contributed by atoms with E-state index in [0.717, 1.165) is 17.1 Å². The summed E-state index contributed by atoms with van der Waals surface area (Å²) in [7, 11) is 0. The first-order valence-corrected chi connectivity index (χ1v) is 5.14. The van der Waals surface area contributed by atoms with Crippen LogP contribution in [0.3, 0.4) is 0 Å². The zero-order chi connectivity index (χ0) is 9.60. The van der Waals surface area contributed by atoms with Gasteiger partial charge in [-0.1, -0.05) is 12.5 Å². The van der Waals surface area contributed by atoms with Gasteiger partial charge in [-0.15, -0.1) is 0 Å². The van der Waals surface area contributed by atoms with Crippen LogP contribution in [0.4, 0.5) is 0 Å². The third kappa shape index (κ3) is 1.07. The van der Waals surface area contributed by atoms with E-state index in [9.17, 15) is 5.11 Å². The number of benzene rings is 1. The Morgan fingerprint density at radius 2 is 2.14 bits per heavy atom. The van der Waals surface area contributed by atoms with Crippen molar-refractivity contribution in [2.75, 3.05) is 6.54 Å². The summed E-state index contributed by atoms with van der Waals surface area (Å²) in [5.41, 5.74) is 0.334. The van der Waals surface area contributed by atoms with E-state index in [-0.39, 0.29) is 0 Å². The van der Waals surface area contributed by atoms with Gasteiger partial charge in [-0.2, -0.15) is 0 Å². The van der Waals surface area contributed by atoms with Crippen molar-refractivity contribution in [3.05, 3.63) is 28.8 Å². The average molecular weight is 187 g/mol. The van der Waals surface area contributed by atoms with E-state index in [0.29, 0.717) is 11.2 Å². The number of phenolic OH excluding ortho intramolecular Hbond substituents is 1. The number of phenols is 1. The molecule has 1 spiro atoms. The Morgan fingerprint density at radius 1 is 1.29 bits per heavy atom. The van der Waals surface area contributed by atoms with Gasteiger partial charge >= 0.3 is 0 Å². The fraction of sp³-hybridized carbons (Fsp3) is 0.417. The molecule has 2 nitrogen and oxygen atoms in total. The summed E-state index contributed by atoms with van der Waals surface area (Å²) < 4.78 is 0. The van der Waals surface area contributed by atoms with Gasteiger partial charge in [0.2, 0.25) is 0 Å². The molecule has 1 saturated carbocycles. The highest BCUT2D eigenvalue weighted by Crippen LogP contribution is 2.43. The Kier molecular flexibility index (Phi) is 1.49. The minimum absolute atomic E-state index is 0.334. The lowest BCUT2D eigenvalue weighted by molar-refractivity contribution is 0.233. The predicted octanol–water partition coefficient (Wildman–Crippen LogP) is 0.976. The summed E-state index contributed by atoms with van der Waals surface area (Å²) in [5, 5.41) is 11.5. The third-order valence-electron chi connectivity index (χ3n) is 3.39. The molecule has 72 valence electrons. The molecule has 1 aliphatic carbocycles. The summed E-state index contributed by atoms with van der Waals surface area (Å²) in [4.78, 5) is 4.57. The molecule has 0 unspecified atom stereocenters. The Hall–Kier alpha value is -1.31. The van der Waals surface area contributed by atoms with Gasteiger partial charge in [-0.05, 0) is 36.3 Å². The minimum atomic E-state index is 0.334. The van der Waals surface area contributed by atoms with E-state index in [2.05, 4.69) is 11.1 Å². The van der Waals surface area contributed by atoms with Crippen LogP contribution in [0, 0.1) is 5.41 Å². The van der Waals surface area contributed by atoms with Crippen LogP contribution >= 0.6 is 0 Å². The first-order chi connectivity index (χ1) is 6.77. The van der Waals surface area contributed by atoms with Gasteiger partial charge < -0.3 is 5.11 Å². The lowest BCUT2D eigenvalue weighted by Crippen LogP contribution is -2.40. The predicted molar refractivity (Wildman–Crippen MR) is 54.5 cm³/mol. The molecule has 14 heavy (non-hydrogen) atoms. The molecule has 0 radical (unpaired) electrons. The highest BCUT2D eigenvalue weighted by atomic mass is 16.3. The Morgan fingerprint density at radius 3 is 2.86 bits per heavy atom. The fourth-order valence-corrected chi connectivity index (χ4v) is 2.35. The summed E-state index contributed by atoms with van der Waals surface area (Å²) in [6.07, 6.45) is 6.13. The zero-order valence-corrected chi connectivity index (χ0v) is 8.03. The van der Waals surface area contributed by atoms with Crippen LogP contribution in [0.5, 0.6) is 5.75 Å². The normalized spacial score (nSPS) is 21.7. The molecule has 1 aromatic rings. The van der Waals surface area contributed by atoms with Crippen molar-refractivity contribution in [2.45, 2.75) is 19.3 Å². The number of hydrogen-bond donors (Lipinski definition) is 1. The highest BCUT2D eigenvalue weighted by molar-refractivity contribution is 5.39. The minimum Gasteiger partial charge on any atom is -0.508 e. The number of nitrogens with zero attached hydrogens (tertiary/aromatic N) is 1. The van der Waals surface area contributed by atoms with Gasteiger partial charge in [0, 0.05) is 12.0 Å². The SMILES string of the molecule is Oc1ccc2c(c1)=CC1(CCC1)CN=2. The lowest BCUT2D eigenvalue weighted by Gasteiger charge is -2.39. The van der Waals surface area contributed by atoms with Gasteiger partial charge in [0.05, 0.1) is 5.36 Å². The van der Waals surface area contributed by atoms with E-state index in [1.807, 2.05) is 12.1 Å². The Bertz CT molecular complexity index is 486. The molecule has 1 N–H and O–H groups in total. The third-order valence-corrected chi connectivity index (χ3v) is 3.39. The smallest absolute Gasteiger partial charge is 0.116 e. The molecule has 2 heteroatoms. The van der Waals surface area contributed by atoms with Gasteiger partial charge in [0.15, 0.2) is 0 Å². The maximum atomic E-state index is 9.39. The molecule has 0 saturated heterocycles. The summed E-state index contributed by atoms with van der Waals surface area (Å²) >= 11 is 0. The van der Waals surface area contributed by atoms with Gasteiger partial charge in [-0.3, -0.25) is 4.99 Å². The van der Waals surface area contributed by atoms with E-state index in [4.69, 9.17) is 0 Å². The van der Waals surface area contributed by atoms with Crippen LogP contribution in [0.15, 0.2) is 23.2 Å². The molecule has 1 aromatic carbocycles. The molecule has 1 heterocycles. The molecule has 1 aliphatic heterocycles.